The normalized spacial score (nSPS) is 10.5. The van der Waals surface area contributed by atoms with Crippen molar-refractivity contribution in [1.82, 2.24) is 14.5 Å². The molecule has 0 aliphatic rings. The van der Waals surface area contributed by atoms with Gasteiger partial charge in [-0.05, 0) is 18.9 Å². The zero-order chi connectivity index (χ0) is 18.6. The van der Waals surface area contributed by atoms with Gasteiger partial charge in [-0.3, -0.25) is 18.7 Å². The number of benzene rings is 1. The van der Waals surface area contributed by atoms with Crippen LogP contribution in [0.3, 0.4) is 0 Å². The molecular weight excluding hydrogens is 322 g/mol. The van der Waals surface area contributed by atoms with Crippen molar-refractivity contribution in [2.45, 2.75) is 13.3 Å². The quantitative estimate of drug-likeness (QED) is 0.668. The molecule has 1 aromatic carbocycles. The van der Waals surface area contributed by atoms with Gasteiger partial charge in [0.2, 0.25) is 5.91 Å². The molecule has 0 saturated carbocycles. The molecule has 2 aromatic rings. The Morgan fingerprint density at radius 3 is 2.40 bits per heavy atom. The average molecular weight is 345 g/mol. The van der Waals surface area contributed by atoms with Gasteiger partial charge in [0.1, 0.15) is 11.5 Å². The first kappa shape index (κ1) is 18.3. The predicted octanol–water partition coefficient (Wildman–Crippen LogP) is -0.255. The highest BCUT2D eigenvalue weighted by molar-refractivity contribution is 5.81. The van der Waals surface area contributed by atoms with Crippen LogP contribution in [0.25, 0.3) is 0 Å². The second-order valence-electron chi connectivity index (χ2n) is 5.91. The molecule has 25 heavy (non-hydrogen) atoms. The number of hydrogen-bond acceptors (Lipinski definition) is 5. The van der Waals surface area contributed by atoms with E-state index in [0.29, 0.717) is 6.54 Å². The van der Waals surface area contributed by atoms with Crippen molar-refractivity contribution in [2.24, 2.45) is 14.1 Å². The number of nitrogens with two attached hydrogens (primary N) is 1. The lowest BCUT2D eigenvalue weighted by atomic mass is 10.1. The minimum Gasteiger partial charge on any atom is -0.383 e. The van der Waals surface area contributed by atoms with Crippen LogP contribution in [-0.4, -0.2) is 28.1 Å². The number of aryl methyl sites for hydroxylation is 1. The van der Waals surface area contributed by atoms with E-state index >= 15 is 0 Å². The Bertz CT molecular complexity index is 881. The zero-order valence-corrected chi connectivity index (χ0v) is 14.6. The van der Waals surface area contributed by atoms with E-state index in [4.69, 9.17) is 5.73 Å². The number of nitrogens with one attached hydrogen (secondary N) is 2. The number of nitrogens with zero attached hydrogens (tertiary/aromatic N) is 2. The first-order valence-electron chi connectivity index (χ1n) is 7.93. The molecule has 0 unspecified atom stereocenters. The van der Waals surface area contributed by atoms with E-state index in [2.05, 4.69) is 10.6 Å². The summed E-state index contributed by atoms with van der Waals surface area (Å²) in [6, 6.07) is 8.09. The van der Waals surface area contributed by atoms with Crippen LogP contribution in [0.4, 0.5) is 11.5 Å². The number of anilines is 2. The molecule has 1 amide bonds. The van der Waals surface area contributed by atoms with Crippen molar-refractivity contribution < 1.29 is 4.79 Å². The second-order valence-corrected chi connectivity index (χ2v) is 5.91. The van der Waals surface area contributed by atoms with Crippen LogP contribution in [0, 0.1) is 6.92 Å². The average Bonchev–Trinajstić information content (AvgIpc) is 2.60. The van der Waals surface area contributed by atoms with E-state index in [9.17, 15) is 14.4 Å². The Labute approximate surface area is 145 Å². The summed E-state index contributed by atoms with van der Waals surface area (Å²) < 4.78 is 2.09. The Kier molecular flexibility index (Phi) is 5.63. The van der Waals surface area contributed by atoms with Gasteiger partial charge in [0.25, 0.3) is 5.56 Å². The molecule has 134 valence electrons. The monoisotopic (exact) mass is 345 g/mol. The molecule has 0 aliphatic carbocycles. The lowest BCUT2D eigenvalue weighted by Crippen LogP contribution is -2.41. The first-order valence-corrected chi connectivity index (χ1v) is 7.93. The minimum absolute atomic E-state index is 0.000514. The van der Waals surface area contributed by atoms with Gasteiger partial charge in [-0.1, -0.05) is 29.8 Å². The van der Waals surface area contributed by atoms with Crippen LogP contribution in [0.1, 0.15) is 11.1 Å². The fourth-order valence-corrected chi connectivity index (χ4v) is 2.36. The van der Waals surface area contributed by atoms with Gasteiger partial charge in [-0.25, -0.2) is 4.79 Å². The largest absolute Gasteiger partial charge is 0.383 e. The highest BCUT2D eigenvalue weighted by atomic mass is 16.2. The van der Waals surface area contributed by atoms with Gasteiger partial charge < -0.3 is 16.4 Å². The summed E-state index contributed by atoms with van der Waals surface area (Å²) in [6.45, 7) is 2.41. The van der Waals surface area contributed by atoms with Crippen molar-refractivity contribution in [3.05, 3.63) is 56.2 Å². The Morgan fingerprint density at radius 2 is 1.76 bits per heavy atom. The molecule has 8 heteroatoms. The van der Waals surface area contributed by atoms with Gasteiger partial charge in [0, 0.05) is 20.6 Å². The van der Waals surface area contributed by atoms with E-state index in [1.54, 1.807) is 0 Å². The van der Waals surface area contributed by atoms with Crippen molar-refractivity contribution >= 4 is 17.4 Å². The highest BCUT2D eigenvalue weighted by Gasteiger charge is 2.13. The number of carbonyl (C=O) groups is 1. The van der Waals surface area contributed by atoms with Crippen LogP contribution < -0.4 is 27.6 Å². The molecule has 0 atom stereocenters. The summed E-state index contributed by atoms with van der Waals surface area (Å²) in [5.74, 6) is -0.261. The van der Waals surface area contributed by atoms with Gasteiger partial charge in [-0.2, -0.15) is 0 Å². The van der Waals surface area contributed by atoms with E-state index in [-0.39, 0.29) is 24.0 Å². The number of hydrogen-bond donors (Lipinski definition) is 3. The predicted molar refractivity (Wildman–Crippen MR) is 97.7 cm³/mol. The van der Waals surface area contributed by atoms with E-state index in [1.165, 1.54) is 19.7 Å². The third-order valence-corrected chi connectivity index (χ3v) is 3.99. The lowest BCUT2D eigenvalue weighted by molar-refractivity contribution is -0.119. The van der Waals surface area contributed by atoms with Crippen LogP contribution in [0.2, 0.25) is 0 Å². The molecular formula is C17H23N5O3. The second kappa shape index (κ2) is 7.69. The van der Waals surface area contributed by atoms with Crippen LogP contribution in [0.5, 0.6) is 0 Å². The molecule has 1 aromatic heterocycles. The Morgan fingerprint density at radius 1 is 1.12 bits per heavy atom. The van der Waals surface area contributed by atoms with Crippen LogP contribution in [0.15, 0.2) is 33.9 Å². The fraction of sp³-hybridized carbons (Fsp3) is 0.353. The molecule has 2 rings (SSSR count). The van der Waals surface area contributed by atoms with Crippen molar-refractivity contribution in [3.63, 3.8) is 0 Å². The number of carbonyl (C=O) groups excluding carboxylic acids is 1. The topological polar surface area (TPSA) is 111 Å². The van der Waals surface area contributed by atoms with E-state index < -0.39 is 11.2 Å². The maximum atomic E-state index is 12.1. The van der Waals surface area contributed by atoms with Crippen molar-refractivity contribution in [2.75, 3.05) is 24.1 Å². The van der Waals surface area contributed by atoms with E-state index in [0.717, 1.165) is 21.1 Å². The molecule has 4 N–H and O–H groups in total. The molecule has 1 heterocycles. The van der Waals surface area contributed by atoms with E-state index in [1.807, 2.05) is 31.2 Å². The first-order chi connectivity index (χ1) is 11.8. The van der Waals surface area contributed by atoms with Crippen molar-refractivity contribution in [1.29, 1.82) is 0 Å². The van der Waals surface area contributed by atoms with Crippen LogP contribution >= 0.6 is 0 Å². The number of rotatable bonds is 6. The molecule has 0 fully saturated rings. The molecule has 0 radical (unpaired) electrons. The summed E-state index contributed by atoms with van der Waals surface area (Å²) in [4.78, 5) is 35.7. The maximum absolute atomic E-state index is 12.1. The number of nitrogen functional groups attached to an aromatic ring is 1. The van der Waals surface area contributed by atoms with Gasteiger partial charge in [0.15, 0.2) is 0 Å². The number of aromatic nitrogens is 2. The SMILES string of the molecule is Cc1ccc(CCNC(=O)CNc2c(N)n(C)c(=O)n(C)c2=O)cc1. The standard InChI is InChI=1S/C17H23N5O3/c1-11-4-6-12(7-5-11)8-9-19-13(23)10-20-14-15(18)21(2)17(25)22(3)16(14)24/h4-7,20H,8-10,18H2,1-3H3,(H,19,23). The van der Waals surface area contributed by atoms with Gasteiger partial charge in [-0.15, -0.1) is 0 Å². The summed E-state index contributed by atoms with van der Waals surface area (Å²) in [7, 11) is 2.82. The molecule has 0 spiro atoms. The fourth-order valence-electron chi connectivity index (χ4n) is 2.36. The van der Waals surface area contributed by atoms with Crippen LogP contribution in [-0.2, 0) is 25.3 Å². The maximum Gasteiger partial charge on any atom is 0.332 e. The molecule has 0 aliphatic heterocycles. The van der Waals surface area contributed by atoms with Crippen molar-refractivity contribution in [3.8, 4) is 0 Å². The summed E-state index contributed by atoms with van der Waals surface area (Å²) in [5, 5.41) is 5.49. The Balaban J connectivity index is 1.91. The zero-order valence-electron chi connectivity index (χ0n) is 14.6. The number of amides is 1. The molecule has 0 bridgehead atoms. The third-order valence-electron chi connectivity index (χ3n) is 3.99. The summed E-state index contributed by atoms with van der Waals surface area (Å²) >= 11 is 0. The summed E-state index contributed by atoms with van der Waals surface area (Å²) in [6.07, 6.45) is 0.718. The Hall–Kier alpha value is -3.03. The molecule has 8 nitrogen and oxygen atoms in total. The van der Waals surface area contributed by atoms with Gasteiger partial charge in [0.05, 0.1) is 6.54 Å². The van der Waals surface area contributed by atoms with Gasteiger partial charge >= 0.3 is 5.69 Å². The lowest BCUT2D eigenvalue weighted by Gasteiger charge is -2.13. The third kappa shape index (κ3) is 4.28. The smallest absolute Gasteiger partial charge is 0.332 e. The highest BCUT2D eigenvalue weighted by Crippen LogP contribution is 2.08. The summed E-state index contributed by atoms with van der Waals surface area (Å²) in [5.41, 5.74) is 7.07. The molecule has 0 saturated heterocycles. The minimum atomic E-state index is -0.562.